The van der Waals surface area contributed by atoms with Gasteiger partial charge in [0, 0.05) is 18.6 Å². The molecule has 3 aromatic rings. The normalized spacial score (nSPS) is 16.1. The Morgan fingerprint density at radius 3 is 2.46 bits per heavy atom. The Hall–Kier alpha value is -2.68. The first kappa shape index (κ1) is 16.8. The number of hydrogen-bond donors (Lipinski definition) is 1. The summed E-state index contributed by atoms with van der Waals surface area (Å²) in [7, 11) is 0. The first-order valence-corrected chi connectivity index (χ1v) is 8.27. The molecule has 1 saturated carbocycles. The van der Waals surface area contributed by atoms with E-state index in [-0.39, 0.29) is 11.4 Å². The summed E-state index contributed by atoms with van der Waals surface area (Å²) in [6.45, 7) is 0. The number of nitrogens with zero attached hydrogens (tertiary/aromatic N) is 5. The van der Waals surface area contributed by atoms with E-state index in [1.165, 1.54) is 12.4 Å². The lowest BCUT2D eigenvalue weighted by molar-refractivity contribution is 0.0551. The minimum atomic E-state index is -3.72. The molecule has 7 nitrogen and oxygen atoms in total. The Kier molecular flexibility index (Phi) is 4.03. The molecular formula is C16H13ClF2N6O. The molecule has 26 heavy (non-hydrogen) atoms. The lowest BCUT2D eigenvalue weighted by Gasteiger charge is -2.42. The minimum absolute atomic E-state index is 0.0602. The van der Waals surface area contributed by atoms with Crippen LogP contribution in [0, 0.1) is 0 Å². The van der Waals surface area contributed by atoms with Crippen LogP contribution in [0.1, 0.15) is 30.8 Å². The van der Waals surface area contributed by atoms with E-state index in [1.54, 1.807) is 6.20 Å². The summed E-state index contributed by atoms with van der Waals surface area (Å²) >= 11 is 4.86. The second kappa shape index (κ2) is 6.24. The van der Waals surface area contributed by atoms with E-state index in [2.05, 4.69) is 34.9 Å². The molecule has 1 aliphatic rings. The molecule has 1 fully saturated rings. The molecule has 0 aliphatic heterocycles. The Labute approximate surface area is 151 Å². The summed E-state index contributed by atoms with van der Waals surface area (Å²) in [6.07, 6.45) is 7.55. The highest BCUT2D eigenvalue weighted by atomic mass is 35.5. The fourth-order valence-corrected chi connectivity index (χ4v) is 2.88. The highest BCUT2D eigenvalue weighted by Crippen LogP contribution is 2.42. The second-order valence-electron chi connectivity index (χ2n) is 5.99. The van der Waals surface area contributed by atoms with Gasteiger partial charge in [-0.05, 0) is 43.0 Å². The summed E-state index contributed by atoms with van der Waals surface area (Å²) in [5, 5.41) is 3.08. The molecule has 134 valence electrons. The van der Waals surface area contributed by atoms with E-state index in [1.807, 2.05) is 18.2 Å². The van der Waals surface area contributed by atoms with Gasteiger partial charge in [0.05, 0.1) is 16.8 Å². The molecule has 0 bridgehead atoms. The molecule has 0 spiro atoms. The van der Waals surface area contributed by atoms with Crippen LogP contribution >= 0.6 is 11.6 Å². The van der Waals surface area contributed by atoms with Crippen molar-refractivity contribution >= 4 is 17.5 Å². The summed E-state index contributed by atoms with van der Waals surface area (Å²) in [4.78, 5) is 16.4. The van der Waals surface area contributed by atoms with Crippen LogP contribution in [0.4, 0.5) is 14.7 Å². The van der Waals surface area contributed by atoms with E-state index < -0.39 is 11.3 Å². The van der Waals surface area contributed by atoms with Crippen molar-refractivity contribution in [3.8, 4) is 11.4 Å². The average molecular weight is 379 g/mol. The largest absolute Gasteiger partial charge is 0.400 e. The third-order valence-corrected chi connectivity index (χ3v) is 4.45. The molecule has 4 rings (SSSR count). The van der Waals surface area contributed by atoms with Crippen LogP contribution in [0.5, 0.6) is 0 Å². The van der Waals surface area contributed by atoms with Crippen LogP contribution < -0.4 is 5.32 Å². The van der Waals surface area contributed by atoms with Gasteiger partial charge in [-0.15, -0.1) is 0 Å². The van der Waals surface area contributed by atoms with Gasteiger partial charge in [-0.3, -0.25) is 4.98 Å². The van der Waals surface area contributed by atoms with E-state index in [9.17, 15) is 8.78 Å². The van der Waals surface area contributed by atoms with Gasteiger partial charge in [0.1, 0.15) is 0 Å². The van der Waals surface area contributed by atoms with E-state index >= 15 is 0 Å². The summed E-state index contributed by atoms with van der Waals surface area (Å²) < 4.78 is 30.4. The summed E-state index contributed by atoms with van der Waals surface area (Å²) in [5.74, 6) is -0.625. The Morgan fingerprint density at radius 2 is 1.92 bits per heavy atom. The van der Waals surface area contributed by atoms with Crippen molar-refractivity contribution in [1.29, 1.82) is 0 Å². The Bertz CT molecular complexity index is 893. The zero-order valence-corrected chi connectivity index (χ0v) is 14.1. The van der Waals surface area contributed by atoms with Gasteiger partial charge >= 0.3 is 11.3 Å². The van der Waals surface area contributed by atoms with Gasteiger partial charge < -0.3 is 9.84 Å². The van der Waals surface area contributed by atoms with Crippen molar-refractivity contribution in [3.05, 3.63) is 48.4 Å². The van der Waals surface area contributed by atoms with Crippen LogP contribution in [-0.4, -0.2) is 25.1 Å². The van der Waals surface area contributed by atoms with Crippen LogP contribution in [0.2, 0.25) is 0 Å². The molecule has 1 N–H and O–H groups in total. The van der Waals surface area contributed by atoms with Gasteiger partial charge in [-0.25, -0.2) is 9.97 Å². The Morgan fingerprint density at radius 1 is 1.15 bits per heavy atom. The average Bonchev–Trinajstić information content (AvgIpc) is 3.10. The van der Waals surface area contributed by atoms with Crippen LogP contribution in [0.15, 0.2) is 41.3 Å². The van der Waals surface area contributed by atoms with E-state index in [0.29, 0.717) is 11.5 Å². The molecule has 0 amide bonds. The maximum absolute atomic E-state index is 13.0. The first-order chi connectivity index (χ1) is 12.5. The van der Waals surface area contributed by atoms with Crippen molar-refractivity contribution in [2.24, 2.45) is 0 Å². The van der Waals surface area contributed by atoms with Gasteiger partial charge in [0.15, 0.2) is 0 Å². The number of nitrogens with one attached hydrogen (secondary N) is 1. The molecule has 1 aliphatic carbocycles. The molecule has 0 atom stereocenters. The number of rotatable bonds is 5. The lowest BCUT2D eigenvalue weighted by Crippen LogP contribution is -2.43. The third kappa shape index (κ3) is 3.10. The second-order valence-corrected chi connectivity index (χ2v) is 6.47. The zero-order chi connectivity index (χ0) is 18.2. The standard InChI is InChI=1S/C16H13ClF2N6O/c17-16(18,19)13-23-12(25-26-13)10-8-21-14(22-9-10)24-15(5-3-6-15)11-4-1-2-7-20-11/h1-2,4,7-9H,3,5-6H2,(H,21,22,24). The topological polar surface area (TPSA) is 89.6 Å². The van der Waals surface area contributed by atoms with E-state index in [0.717, 1.165) is 25.0 Å². The molecule has 10 heteroatoms. The maximum Gasteiger partial charge on any atom is 0.400 e. The smallest absolute Gasteiger partial charge is 0.343 e. The summed E-state index contributed by atoms with van der Waals surface area (Å²) in [5.41, 5.74) is 0.987. The fraction of sp³-hybridized carbons (Fsp3) is 0.312. The van der Waals surface area contributed by atoms with Gasteiger partial charge in [-0.2, -0.15) is 13.8 Å². The number of aromatic nitrogens is 5. The van der Waals surface area contributed by atoms with Gasteiger partial charge in [0.2, 0.25) is 11.8 Å². The molecule has 0 unspecified atom stereocenters. The van der Waals surface area contributed by atoms with Crippen LogP contribution in [0.3, 0.4) is 0 Å². The third-order valence-electron chi connectivity index (χ3n) is 4.29. The maximum atomic E-state index is 13.0. The first-order valence-electron chi connectivity index (χ1n) is 7.89. The van der Waals surface area contributed by atoms with Gasteiger partial charge in [0.25, 0.3) is 0 Å². The molecule has 0 radical (unpaired) electrons. The zero-order valence-electron chi connectivity index (χ0n) is 13.4. The van der Waals surface area contributed by atoms with Crippen molar-refractivity contribution in [2.75, 3.05) is 5.32 Å². The van der Waals surface area contributed by atoms with Crippen LogP contribution in [0.25, 0.3) is 11.4 Å². The Balaban J connectivity index is 1.54. The lowest BCUT2D eigenvalue weighted by atomic mass is 9.74. The fourth-order valence-electron chi connectivity index (χ4n) is 2.80. The number of anilines is 1. The minimum Gasteiger partial charge on any atom is -0.343 e. The molecule has 3 aromatic heterocycles. The van der Waals surface area contributed by atoms with Crippen molar-refractivity contribution in [2.45, 2.75) is 30.2 Å². The highest BCUT2D eigenvalue weighted by molar-refractivity contribution is 6.21. The molecular weight excluding hydrogens is 366 g/mol. The quantitative estimate of drug-likeness (QED) is 0.677. The molecule has 0 aromatic carbocycles. The van der Waals surface area contributed by atoms with E-state index in [4.69, 9.17) is 11.6 Å². The van der Waals surface area contributed by atoms with Gasteiger partial charge in [-0.1, -0.05) is 11.2 Å². The molecule has 3 heterocycles. The number of pyridine rings is 1. The highest BCUT2D eigenvalue weighted by Gasteiger charge is 2.40. The summed E-state index contributed by atoms with van der Waals surface area (Å²) in [6, 6.07) is 5.77. The number of alkyl halides is 3. The predicted octanol–water partition coefficient (Wildman–Crippen LogP) is 3.70. The number of halogens is 3. The van der Waals surface area contributed by atoms with Crippen molar-refractivity contribution in [3.63, 3.8) is 0 Å². The predicted molar refractivity (Wildman–Crippen MR) is 88.5 cm³/mol. The number of hydrogen-bond acceptors (Lipinski definition) is 7. The molecule has 0 saturated heterocycles. The van der Waals surface area contributed by atoms with Crippen LogP contribution in [-0.2, 0) is 10.9 Å². The SMILES string of the molecule is FC(F)(Cl)c1nc(-c2cnc(NC3(c4ccccn4)CCC3)nc2)no1. The van der Waals surface area contributed by atoms with Crippen molar-refractivity contribution < 1.29 is 13.3 Å². The van der Waals surface area contributed by atoms with Crippen molar-refractivity contribution in [1.82, 2.24) is 25.1 Å². The monoisotopic (exact) mass is 378 g/mol.